The summed E-state index contributed by atoms with van der Waals surface area (Å²) in [4.78, 5) is 12.9. The van der Waals surface area contributed by atoms with Gasteiger partial charge in [0, 0.05) is 17.1 Å². The predicted octanol–water partition coefficient (Wildman–Crippen LogP) is 3.11. The number of likely N-dealkylation sites (N-methyl/N-ethyl adjacent to an activating group) is 1. The van der Waals surface area contributed by atoms with Crippen LogP contribution in [0.3, 0.4) is 0 Å². The summed E-state index contributed by atoms with van der Waals surface area (Å²) < 4.78 is 5.15. The van der Waals surface area contributed by atoms with E-state index in [2.05, 4.69) is 0 Å². The molecule has 0 spiro atoms. The van der Waals surface area contributed by atoms with E-state index in [0.29, 0.717) is 15.6 Å². The molecule has 0 saturated carbocycles. The smallest absolute Gasteiger partial charge is 0.296 e. The molecule has 1 saturated heterocycles. The molecule has 1 fully saturated rings. The number of nitrogens with zero attached hydrogens (tertiary/aromatic N) is 1. The highest BCUT2D eigenvalue weighted by Gasteiger charge is 2.30. The molecule has 1 heterocycles. The molecule has 0 atom stereocenters. The highest BCUT2D eigenvalue weighted by molar-refractivity contribution is 7.80. The average molecular weight is 288 g/mol. The Balaban J connectivity index is 2.37. The lowest BCUT2D eigenvalue weighted by molar-refractivity contribution is -0.122. The largest absolute Gasteiger partial charge is 0.426 e. The van der Waals surface area contributed by atoms with Gasteiger partial charge in [0.25, 0.3) is 11.1 Å². The number of ether oxygens (including phenoxy) is 1. The van der Waals surface area contributed by atoms with Gasteiger partial charge in [-0.25, -0.2) is 0 Å². The summed E-state index contributed by atoms with van der Waals surface area (Å²) in [6.45, 7) is 0. The van der Waals surface area contributed by atoms with Gasteiger partial charge in [0.1, 0.15) is 0 Å². The summed E-state index contributed by atoms with van der Waals surface area (Å²) in [5.41, 5.74) is 0.650. The summed E-state index contributed by atoms with van der Waals surface area (Å²) in [5, 5.41) is 1.11. The maximum Gasteiger partial charge on any atom is 0.296 e. The second kappa shape index (κ2) is 4.64. The highest BCUT2D eigenvalue weighted by atomic mass is 35.5. The second-order valence-electron chi connectivity index (χ2n) is 3.41. The number of carbonyl (C=O) groups excluding carboxylic acids is 1. The minimum absolute atomic E-state index is 0.131. The van der Waals surface area contributed by atoms with Crippen molar-refractivity contribution in [1.82, 2.24) is 4.90 Å². The van der Waals surface area contributed by atoms with Crippen LogP contribution in [0.5, 0.6) is 0 Å². The third kappa shape index (κ3) is 2.44. The first-order valence-corrected chi connectivity index (χ1v) is 5.82. The lowest BCUT2D eigenvalue weighted by Gasteiger charge is -2.00. The number of thiocarbonyl (C=S) groups is 1. The Morgan fingerprint density at radius 2 is 2.12 bits per heavy atom. The van der Waals surface area contributed by atoms with Gasteiger partial charge in [0.15, 0.2) is 5.76 Å². The molecule has 0 aliphatic carbocycles. The lowest BCUT2D eigenvalue weighted by atomic mass is 10.2. The van der Waals surface area contributed by atoms with E-state index in [1.165, 1.54) is 11.0 Å². The van der Waals surface area contributed by atoms with Crippen molar-refractivity contribution >= 4 is 52.6 Å². The summed E-state index contributed by atoms with van der Waals surface area (Å²) >= 11 is 16.6. The van der Waals surface area contributed by atoms with Crippen molar-refractivity contribution in [2.24, 2.45) is 0 Å². The fraction of sp³-hybridized carbons (Fsp3) is 0.0909. The lowest BCUT2D eigenvalue weighted by Crippen LogP contribution is -2.22. The van der Waals surface area contributed by atoms with Crippen LogP contribution in [0.2, 0.25) is 10.0 Å². The van der Waals surface area contributed by atoms with Crippen LogP contribution < -0.4 is 0 Å². The summed E-state index contributed by atoms with van der Waals surface area (Å²) in [6, 6.07) is 4.98. The van der Waals surface area contributed by atoms with Crippen molar-refractivity contribution in [2.45, 2.75) is 0 Å². The Morgan fingerprint density at radius 1 is 1.41 bits per heavy atom. The van der Waals surface area contributed by atoms with Crippen molar-refractivity contribution in [2.75, 3.05) is 7.05 Å². The van der Waals surface area contributed by atoms with E-state index in [4.69, 9.17) is 40.2 Å². The Hall–Kier alpha value is -1.10. The average Bonchev–Trinajstić information content (AvgIpc) is 2.50. The van der Waals surface area contributed by atoms with Gasteiger partial charge in [0.2, 0.25) is 0 Å². The molecule has 1 aromatic carbocycles. The normalized spacial score (nSPS) is 17.8. The third-order valence-electron chi connectivity index (χ3n) is 2.24. The van der Waals surface area contributed by atoms with Gasteiger partial charge in [-0.1, -0.05) is 29.3 Å². The number of carbonyl (C=O) groups is 1. The monoisotopic (exact) mass is 287 g/mol. The van der Waals surface area contributed by atoms with Crippen molar-refractivity contribution in [1.29, 1.82) is 0 Å². The first kappa shape index (κ1) is 12.4. The maximum absolute atomic E-state index is 11.7. The van der Waals surface area contributed by atoms with E-state index < -0.39 is 0 Å². The van der Waals surface area contributed by atoms with E-state index in [-0.39, 0.29) is 16.8 Å². The van der Waals surface area contributed by atoms with E-state index in [9.17, 15) is 4.79 Å². The summed E-state index contributed by atoms with van der Waals surface area (Å²) in [7, 11) is 1.55. The van der Waals surface area contributed by atoms with Gasteiger partial charge >= 0.3 is 0 Å². The van der Waals surface area contributed by atoms with Gasteiger partial charge in [0.05, 0.1) is 0 Å². The Labute approximate surface area is 114 Å². The fourth-order valence-electron chi connectivity index (χ4n) is 1.31. The van der Waals surface area contributed by atoms with E-state index in [0.717, 1.165) is 0 Å². The topological polar surface area (TPSA) is 29.5 Å². The number of rotatable bonds is 1. The van der Waals surface area contributed by atoms with E-state index in [1.54, 1.807) is 25.2 Å². The molecular weight excluding hydrogens is 281 g/mol. The van der Waals surface area contributed by atoms with Gasteiger partial charge in [-0.3, -0.25) is 9.69 Å². The molecule has 1 amide bonds. The van der Waals surface area contributed by atoms with Crippen LogP contribution in [0.15, 0.2) is 24.0 Å². The summed E-state index contributed by atoms with van der Waals surface area (Å²) in [5.74, 6) is -0.136. The molecule has 0 unspecified atom stereocenters. The molecule has 0 aromatic heterocycles. The third-order valence-corrected chi connectivity index (χ3v) is 3.16. The Kier molecular flexibility index (Phi) is 3.38. The maximum atomic E-state index is 11.7. The number of hydrogen-bond acceptors (Lipinski definition) is 3. The van der Waals surface area contributed by atoms with Crippen LogP contribution in [0, 0.1) is 0 Å². The van der Waals surface area contributed by atoms with Crippen LogP contribution in [-0.4, -0.2) is 23.0 Å². The van der Waals surface area contributed by atoms with Gasteiger partial charge in [-0.15, -0.1) is 0 Å². The van der Waals surface area contributed by atoms with E-state index in [1.807, 2.05) is 0 Å². The Bertz CT molecular complexity index is 542. The fourth-order valence-corrected chi connectivity index (χ4v) is 1.94. The molecule has 3 nitrogen and oxygen atoms in total. The molecule has 17 heavy (non-hydrogen) atoms. The minimum Gasteiger partial charge on any atom is -0.426 e. The SMILES string of the molecule is CN1C(=O)C(=Cc2ccc(Cl)cc2Cl)OC1=S. The molecule has 1 aliphatic rings. The molecule has 0 radical (unpaired) electrons. The standard InChI is InChI=1S/C11H7Cl2NO2S/c1-14-10(15)9(16-11(14)17)4-6-2-3-7(12)5-8(6)13/h2-5H,1H3. The molecule has 0 bridgehead atoms. The van der Waals surface area contributed by atoms with Crippen molar-refractivity contribution in [3.05, 3.63) is 39.6 Å². The quantitative estimate of drug-likeness (QED) is 0.587. The number of benzene rings is 1. The van der Waals surface area contributed by atoms with Gasteiger partial charge in [-0.05, 0) is 36.0 Å². The van der Waals surface area contributed by atoms with Crippen molar-refractivity contribution in [3.8, 4) is 0 Å². The molecule has 1 aliphatic heterocycles. The molecule has 6 heteroatoms. The minimum atomic E-state index is -0.291. The van der Waals surface area contributed by atoms with Crippen LogP contribution >= 0.6 is 35.4 Å². The van der Waals surface area contributed by atoms with Crippen LogP contribution in [-0.2, 0) is 9.53 Å². The number of hydrogen-bond donors (Lipinski definition) is 0. The molecule has 88 valence electrons. The van der Waals surface area contributed by atoms with Crippen LogP contribution in [0.4, 0.5) is 0 Å². The van der Waals surface area contributed by atoms with Crippen molar-refractivity contribution in [3.63, 3.8) is 0 Å². The zero-order chi connectivity index (χ0) is 12.6. The first-order valence-electron chi connectivity index (χ1n) is 4.65. The number of halogens is 2. The van der Waals surface area contributed by atoms with Crippen LogP contribution in [0.1, 0.15) is 5.56 Å². The van der Waals surface area contributed by atoms with E-state index >= 15 is 0 Å². The molecule has 1 aromatic rings. The van der Waals surface area contributed by atoms with Crippen molar-refractivity contribution < 1.29 is 9.53 Å². The first-order chi connectivity index (χ1) is 7.99. The highest BCUT2D eigenvalue weighted by Crippen LogP contribution is 2.25. The number of amides is 1. The second-order valence-corrected chi connectivity index (χ2v) is 4.60. The molecule has 0 N–H and O–H groups in total. The molecular formula is C11H7Cl2NO2S. The predicted molar refractivity (Wildman–Crippen MR) is 70.9 cm³/mol. The molecule has 2 rings (SSSR count). The summed E-state index contributed by atoms with van der Waals surface area (Å²) in [6.07, 6.45) is 1.54. The van der Waals surface area contributed by atoms with Crippen LogP contribution in [0.25, 0.3) is 6.08 Å². The zero-order valence-corrected chi connectivity index (χ0v) is 11.1. The van der Waals surface area contributed by atoms with Gasteiger partial charge in [-0.2, -0.15) is 0 Å². The zero-order valence-electron chi connectivity index (χ0n) is 8.74. The Morgan fingerprint density at radius 3 is 2.65 bits per heavy atom. The van der Waals surface area contributed by atoms with Gasteiger partial charge < -0.3 is 4.74 Å².